The Balaban J connectivity index is 1.99. The Morgan fingerprint density at radius 1 is 1.53 bits per heavy atom. The average Bonchev–Trinajstić information content (AvgIpc) is 2.86. The molecule has 1 N–H and O–H groups in total. The Bertz CT molecular complexity index is 635. The second-order valence-corrected chi connectivity index (χ2v) is 4.65. The van der Waals surface area contributed by atoms with Gasteiger partial charge in [-0.15, -0.1) is 11.3 Å². The van der Waals surface area contributed by atoms with Crippen molar-refractivity contribution < 1.29 is 14.3 Å². The number of hydrogen-bond acceptors (Lipinski definition) is 4. The number of aromatic nitrogens is 2. The van der Waals surface area contributed by atoms with Crippen LogP contribution in [0.25, 0.3) is 16.4 Å². The summed E-state index contributed by atoms with van der Waals surface area (Å²) in [5, 5.41) is 8.70. The molecule has 3 aromatic rings. The van der Waals surface area contributed by atoms with Gasteiger partial charge in [-0.1, -0.05) is 0 Å². The summed E-state index contributed by atoms with van der Waals surface area (Å²) in [5.74, 6) is -0.124. The first-order chi connectivity index (χ1) is 8.22. The van der Waals surface area contributed by atoms with Crippen LogP contribution in [-0.4, -0.2) is 20.5 Å². The van der Waals surface area contributed by atoms with E-state index in [4.69, 9.17) is 9.52 Å². The molecule has 0 saturated heterocycles. The van der Waals surface area contributed by atoms with Crippen LogP contribution in [0.1, 0.15) is 4.88 Å². The fourth-order valence-electron chi connectivity index (χ4n) is 1.62. The van der Waals surface area contributed by atoms with E-state index < -0.39 is 5.97 Å². The molecule has 6 heteroatoms. The lowest BCUT2D eigenvalue weighted by molar-refractivity contribution is -0.136. The normalized spacial score (nSPS) is 11.1. The van der Waals surface area contributed by atoms with Gasteiger partial charge in [-0.3, -0.25) is 9.20 Å². The summed E-state index contributed by atoms with van der Waals surface area (Å²) in [6.45, 7) is 0. The number of nitrogens with zero attached hydrogens (tertiary/aromatic N) is 2. The number of imidazole rings is 1. The van der Waals surface area contributed by atoms with Crippen molar-refractivity contribution in [3.63, 3.8) is 0 Å². The van der Waals surface area contributed by atoms with Crippen molar-refractivity contribution in [3.8, 4) is 11.5 Å². The maximum Gasteiger partial charge on any atom is 0.308 e. The van der Waals surface area contributed by atoms with Crippen molar-refractivity contribution in [2.75, 3.05) is 0 Å². The molecule has 86 valence electrons. The lowest BCUT2D eigenvalue weighted by Crippen LogP contribution is -1.97. The number of rotatable bonds is 3. The minimum Gasteiger partial charge on any atom is -0.481 e. The van der Waals surface area contributed by atoms with Crippen molar-refractivity contribution in [1.82, 2.24) is 9.38 Å². The number of carboxylic acids is 1. The number of thiazole rings is 1. The van der Waals surface area contributed by atoms with Gasteiger partial charge in [0.15, 0.2) is 10.7 Å². The molecule has 0 aliphatic heterocycles. The largest absolute Gasteiger partial charge is 0.481 e. The summed E-state index contributed by atoms with van der Waals surface area (Å²) in [6.07, 6.45) is 5.24. The van der Waals surface area contributed by atoms with Crippen LogP contribution < -0.4 is 0 Å². The number of furan rings is 1. The third-order valence-electron chi connectivity index (χ3n) is 2.30. The van der Waals surface area contributed by atoms with Gasteiger partial charge in [0, 0.05) is 17.3 Å². The molecular formula is C11H8N2O3S. The summed E-state index contributed by atoms with van der Waals surface area (Å²) in [7, 11) is 0. The number of fused-ring (bicyclic) bond motifs is 1. The van der Waals surface area contributed by atoms with E-state index in [0.29, 0.717) is 5.76 Å². The highest BCUT2D eigenvalue weighted by Gasteiger charge is 2.11. The first-order valence-electron chi connectivity index (χ1n) is 4.95. The molecule has 17 heavy (non-hydrogen) atoms. The van der Waals surface area contributed by atoms with E-state index in [1.165, 1.54) is 11.3 Å². The zero-order valence-electron chi connectivity index (χ0n) is 8.66. The van der Waals surface area contributed by atoms with E-state index in [1.807, 2.05) is 16.7 Å². The van der Waals surface area contributed by atoms with Gasteiger partial charge in [0.05, 0.1) is 12.7 Å². The predicted molar refractivity (Wildman–Crippen MR) is 62.1 cm³/mol. The van der Waals surface area contributed by atoms with Gasteiger partial charge in [0.25, 0.3) is 0 Å². The van der Waals surface area contributed by atoms with Crippen LogP contribution in [0.3, 0.4) is 0 Å². The molecule has 0 radical (unpaired) electrons. The first kappa shape index (κ1) is 10.1. The van der Waals surface area contributed by atoms with Crippen LogP contribution in [0.4, 0.5) is 0 Å². The lowest BCUT2D eigenvalue weighted by Gasteiger charge is -1.88. The molecule has 0 aliphatic carbocycles. The molecule has 3 aromatic heterocycles. The molecule has 5 nitrogen and oxygen atoms in total. The molecule has 0 atom stereocenters. The quantitative estimate of drug-likeness (QED) is 0.772. The molecule has 0 fully saturated rings. The molecule has 3 heterocycles. The first-order valence-corrected chi connectivity index (χ1v) is 5.77. The number of aliphatic carboxylic acids is 1. The molecule has 3 rings (SSSR count). The molecule has 0 spiro atoms. The van der Waals surface area contributed by atoms with E-state index in [-0.39, 0.29) is 6.42 Å². The highest BCUT2D eigenvalue weighted by atomic mass is 32.1. The van der Waals surface area contributed by atoms with Crippen molar-refractivity contribution in [3.05, 3.63) is 35.7 Å². The van der Waals surface area contributed by atoms with Gasteiger partial charge in [0.2, 0.25) is 0 Å². The van der Waals surface area contributed by atoms with Crippen LogP contribution in [0, 0.1) is 0 Å². The molecule has 0 bridgehead atoms. The van der Waals surface area contributed by atoms with Crippen LogP contribution in [0.2, 0.25) is 0 Å². The summed E-state index contributed by atoms with van der Waals surface area (Å²) >= 11 is 1.37. The molecule has 0 unspecified atom stereocenters. The summed E-state index contributed by atoms with van der Waals surface area (Å²) in [5.41, 5.74) is 0.753. The fourth-order valence-corrected chi connectivity index (χ4v) is 2.57. The third-order valence-corrected chi connectivity index (χ3v) is 3.30. The number of carbonyl (C=O) groups is 1. The average molecular weight is 248 g/mol. The second-order valence-electron chi connectivity index (χ2n) is 3.56. The highest BCUT2D eigenvalue weighted by molar-refractivity contribution is 7.17. The predicted octanol–water partition coefficient (Wildman–Crippen LogP) is 2.28. The minimum absolute atomic E-state index is 0.0319. The summed E-state index contributed by atoms with van der Waals surface area (Å²) in [4.78, 5) is 16.5. The van der Waals surface area contributed by atoms with Gasteiger partial charge in [-0.25, -0.2) is 4.98 Å². The van der Waals surface area contributed by atoms with Gasteiger partial charge in [-0.05, 0) is 12.1 Å². The SMILES string of the molecule is O=C(O)Cc1cn2cc(-c3ccco3)nc2s1. The minimum atomic E-state index is -0.833. The van der Waals surface area contributed by atoms with Gasteiger partial charge in [0.1, 0.15) is 5.69 Å². The second kappa shape index (κ2) is 3.74. The van der Waals surface area contributed by atoms with Gasteiger partial charge in [-0.2, -0.15) is 0 Å². The van der Waals surface area contributed by atoms with Crippen LogP contribution in [0.15, 0.2) is 35.2 Å². The van der Waals surface area contributed by atoms with E-state index in [2.05, 4.69) is 4.98 Å². The lowest BCUT2D eigenvalue weighted by atomic mass is 10.3. The van der Waals surface area contributed by atoms with Crippen molar-refractivity contribution in [1.29, 1.82) is 0 Å². The molecule has 0 saturated carbocycles. The molecular weight excluding hydrogens is 240 g/mol. The fraction of sp³-hybridized carbons (Fsp3) is 0.0909. The topological polar surface area (TPSA) is 67.7 Å². The Hall–Kier alpha value is -2.08. The number of hydrogen-bond donors (Lipinski definition) is 1. The Morgan fingerprint density at radius 2 is 2.41 bits per heavy atom. The molecule has 0 aliphatic rings. The number of carboxylic acid groups (broad SMARTS) is 1. The molecule has 0 amide bonds. The Morgan fingerprint density at radius 3 is 3.06 bits per heavy atom. The molecule has 0 aromatic carbocycles. The van der Waals surface area contributed by atoms with Crippen molar-refractivity contribution in [2.24, 2.45) is 0 Å². The van der Waals surface area contributed by atoms with Crippen LogP contribution in [-0.2, 0) is 11.2 Å². The van der Waals surface area contributed by atoms with Gasteiger partial charge >= 0.3 is 5.97 Å². The summed E-state index contributed by atoms with van der Waals surface area (Å²) in [6, 6.07) is 3.64. The van der Waals surface area contributed by atoms with Crippen LogP contribution >= 0.6 is 11.3 Å². The maximum absolute atomic E-state index is 10.6. The smallest absolute Gasteiger partial charge is 0.308 e. The monoisotopic (exact) mass is 248 g/mol. The van der Waals surface area contributed by atoms with E-state index in [1.54, 1.807) is 18.5 Å². The zero-order valence-corrected chi connectivity index (χ0v) is 9.48. The van der Waals surface area contributed by atoms with Crippen LogP contribution in [0.5, 0.6) is 0 Å². The van der Waals surface area contributed by atoms with Crippen molar-refractivity contribution in [2.45, 2.75) is 6.42 Å². The van der Waals surface area contributed by atoms with E-state index in [0.717, 1.165) is 15.5 Å². The van der Waals surface area contributed by atoms with Gasteiger partial charge < -0.3 is 9.52 Å². The van der Waals surface area contributed by atoms with E-state index in [9.17, 15) is 4.79 Å². The third kappa shape index (κ3) is 1.83. The zero-order chi connectivity index (χ0) is 11.8. The summed E-state index contributed by atoms with van der Waals surface area (Å²) < 4.78 is 7.07. The maximum atomic E-state index is 10.6. The Kier molecular flexibility index (Phi) is 2.22. The highest BCUT2D eigenvalue weighted by Crippen LogP contribution is 2.24. The Labute approximate surface area is 99.9 Å². The standard InChI is InChI=1S/C11H8N2O3S/c14-10(15)4-7-5-13-6-8(12-11(13)17-7)9-2-1-3-16-9/h1-3,5-6H,4H2,(H,14,15). The van der Waals surface area contributed by atoms with Crippen molar-refractivity contribution >= 4 is 22.3 Å². The van der Waals surface area contributed by atoms with E-state index >= 15 is 0 Å².